The zero-order valence-electron chi connectivity index (χ0n) is 14.6. The van der Waals surface area contributed by atoms with Crippen LogP contribution in [0.15, 0.2) is 18.2 Å². The van der Waals surface area contributed by atoms with Gasteiger partial charge in [0.15, 0.2) is 11.5 Å². The van der Waals surface area contributed by atoms with Gasteiger partial charge in [-0.15, -0.1) is 0 Å². The van der Waals surface area contributed by atoms with Crippen LogP contribution in [0.5, 0.6) is 11.5 Å². The van der Waals surface area contributed by atoms with Crippen molar-refractivity contribution >= 4 is 17.5 Å². The van der Waals surface area contributed by atoms with E-state index in [0.29, 0.717) is 42.8 Å². The molecule has 2 fully saturated rings. The molecule has 0 saturated carbocycles. The van der Waals surface area contributed by atoms with Gasteiger partial charge in [-0.05, 0) is 18.6 Å². The van der Waals surface area contributed by atoms with E-state index in [1.165, 1.54) is 0 Å². The van der Waals surface area contributed by atoms with Gasteiger partial charge in [-0.25, -0.2) is 0 Å². The fraction of sp³-hybridized carbons (Fsp3) is 0.556. The predicted octanol–water partition coefficient (Wildman–Crippen LogP) is 1.21. The first-order chi connectivity index (χ1) is 12.1. The molecule has 2 saturated heterocycles. The number of methoxy groups -OCH3 is 2. The third-order valence-electron chi connectivity index (χ3n) is 4.76. The maximum atomic E-state index is 12.4. The SMILES string of the molecule is COc1ccc(N2C[C@@H](C(=O)NC[C@H]3CCOC3)CC2=O)cc1OC. The van der Waals surface area contributed by atoms with Crippen molar-refractivity contribution in [1.82, 2.24) is 5.32 Å². The molecule has 25 heavy (non-hydrogen) atoms. The van der Waals surface area contributed by atoms with Crippen molar-refractivity contribution in [3.8, 4) is 11.5 Å². The van der Waals surface area contributed by atoms with Crippen LogP contribution in [0.2, 0.25) is 0 Å². The third-order valence-corrected chi connectivity index (χ3v) is 4.76. The lowest BCUT2D eigenvalue weighted by Gasteiger charge is -2.19. The molecule has 2 heterocycles. The summed E-state index contributed by atoms with van der Waals surface area (Å²) in [6.07, 6.45) is 1.20. The first kappa shape index (κ1) is 17.5. The minimum Gasteiger partial charge on any atom is -0.493 e. The van der Waals surface area contributed by atoms with E-state index >= 15 is 0 Å². The Labute approximate surface area is 147 Å². The predicted molar refractivity (Wildman–Crippen MR) is 91.9 cm³/mol. The summed E-state index contributed by atoms with van der Waals surface area (Å²) in [6, 6.07) is 5.32. The van der Waals surface area contributed by atoms with E-state index in [1.54, 1.807) is 37.3 Å². The summed E-state index contributed by atoms with van der Waals surface area (Å²) in [7, 11) is 3.12. The van der Waals surface area contributed by atoms with Crippen LogP contribution >= 0.6 is 0 Å². The van der Waals surface area contributed by atoms with Gasteiger partial charge in [0.05, 0.1) is 26.7 Å². The minimum atomic E-state index is -0.331. The van der Waals surface area contributed by atoms with E-state index in [4.69, 9.17) is 14.2 Å². The molecule has 1 aromatic carbocycles. The summed E-state index contributed by atoms with van der Waals surface area (Å²) in [6.45, 7) is 2.44. The van der Waals surface area contributed by atoms with E-state index < -0.39 is 0 Å². The summed E-state index contributed by atoms with van der Waals surface area (Å²) in [4.78, 5) is 26.4. The second kappa shape index (κ2) is 7.74. The molecular formula is C18H24N2O5. The minimum absolute atomic E-state index is 0.0587. The lowest BCUT2D eigenvalue weighted by Crippen LogP contribution is -2.36. The monoisotopic (exact) mass is 348 g/mol. The number of amides is 2. The second-order valence-electron chi connectivity index (χ2n) is 6.42. The van der Waals surface area contributed by atoms with Crippen LogP contribution < -0.4 is 19.7 Å². The number of nitrogens with zero attached hydrogens (tertiary/aromatic N) is 1. The quantitative estimate of drug-likeness (QED) is 0.836. The van der Waals surface area contributed by atoms with Crippen molar-refractivity contribution in [2.75, 3.05) is 45.4 Å². The van der Waals surface area contributed by atoms with Crippen molar-refractivity contribution < 1.29 is 23.8 Å². The van der Waals surface area contributed by atoms with Gasteiger partial charge in [-0.2, -0.15) is 0 Å². The number of carbonyl (C=O) groups excluding carboxylic acids is 2. The Kier molecular flexibility index (Phi) is 5.43. The van der Waals surface area contributed by atoms with Gasteiger partial charge in [-0.3, -0.25) is 9.59 Å². The fourth-order valence-corrected chi connectivity index (χ4v) is 3.26. The lowest BCUT2D eigenvalue weighted by molar-refractivity contribution is -0.126. The van der Waals surface area contributed by atoms with Gasteiger partial charge in [0, 0.05) is 43.8 Å². The average molecular weight is 348 g/mol. The van der Waals surface area contributed by atoms with Crippen LogP contribution in [0.4, 0.5) is 5.69 Å². The molecule has 1 aromatic rings. The molecule has 1 N–H and O–H groups in total. The third kappa shape index (κ3) is 3.87. The highest BCUT2D eigenvalue weighted by atomic mass is 16.5. The van der Waals surface area contributed by atoms with Crippen molar-refractivity contribution in [3.05, 3.63) is 18.2 Å². The second-order valence-corrected chi connectivity index (χ2v) is 6.42. The summed E-state index contributed by atoms with van der Waals surface area (Å²) in [5, 5.41) is 2.96. The Bertz CT molecular complexity index is 642. The topological polar surface area (TPSA) is 77.1 Å². The number of carbonyl (C=O) groups is 2. The van der Waals surface area contributed by atoms with Gasteiger partial charge in [0.25, 0.3) is 0 Å². The highest BCUT2D eigenvalue weighted by Gasteiger charge is 2.35. The Morgan fingerprint density at radius 2 is 2.12 bits per heavy atom. The summed E-state index contributed by atoms with van der Waals surface area (Å²) in [5.74, 6) is 1.08. The standard InChI is InChI=1S/C18H24N2O5/c1-23-15-4-3-14(8-16(15)24-2)20-10-13(7-17(20)21)18(22)19-9-12-5-6-25-11-12/h3-4,8,12-13H,5-7,9-11H2,1-2H3,(H,19,22)/t12-,13+/m1/s1. The van der Waals surface area contributed by atoms with Crippen LogP contribution in [0.1, 0.15) is 12.8 Å². The van der Waals surface area contributed by atoms with Crippen LogP contribution in [-0.4, -0.2) is 52.3 Å². The van der Waals surface area contributed by atoms with E-state index in [9.17, 15) is 9.59 Å². The number of ether oxygens (including phenoxy) is 3. The molecule has 2 atom stereocenters. The van der Waals surface area contributed by atoms with Gasteiger partial charge in [0.1, 0.15) is 0 Å². The average Bonchev–Trinajstić information content (AvgIpc) is 3.28. The number of nitrogens with one attached hydrogen (secondary N) is 1. The lowest BCUT2D eigenvalue weighted by atomic mass is 10.1. The van der Waals surface area contributed by atoms with Crippen molar-refractivity contribution in [3.63, 3.8) is 0 Å². The smallest absolute Gasteiger partial charge is 0.227 e. The van der Waals surface area contributed by atoms with Gasteiger partial charge < -0.3 is 24.4 Å². The molecule has 3 rings (SSSR count). The van der Waals surface area contributed by atoms with Gasteiger partial charge >= 0.3 is 0 Å². The molecule has 0 radical (unpaired) electrons. The maximum Gasteiger partial charge on any atom is 0.227 e. The van der Waals surface area contributed by atoms with Crippen molar-refractivity contribution in [2.24, 2.45) is 11.8 Å². The Balaban J connectivity index is 1.62. The molecular weight excluding hydrogens is 324 g/mol. The molecule has 136 valence electrons. The number of benzene rings is 1. The summed E-state index contributed by atoms with van der Waals surface area (Å²) in [5.41, 5.74) is 0.710. The molecule has 2 amide bonds. The fourth-order valence-electron chi connectivity index (χ4n) is 3.26. The molecule has 7 nitrogen and oxygen atoms in total. The van der Waals surface area contributed by atoms with Gasteiger partial charge in [-0.1, -0.05) is 0 Å². The zero-order valence-corrected chi connectivity index (χ0v) is 14.6. The molecule has 7 heteroatoms. The largest absolute Gasteiger partial charge is 0.493 e. The number of rotatable bonds is 6. The van der Waals surface area contributed by atoms with Crippen molar-refractivity contribution in [2.45, 2.75) is 12.8 Å². The van der Waals surface area contributed by atoms with Crippen LogP contribution in [-0.2, 0) is 14.3 Å². The number of anilines is 1. The maximum absolute atomic E-state index is 12.4. The molecule has 0 aliphatic carbocycles. The van der Waals surface area contributed by atoms with Gasteiger partial charge in [0.2, 0.25) is 11.8 Å². The highest BCUT2D eigenvalue weighted by Crippen LogP contribution is 2.34. The number of hydrogen-bond donors (Lipinski definition) is 1. The van der Waals surface area contributed by atoms with Crippen LogP contribution in [0.3, 0.4) is 0 Å². The first-order valence-electron chi connectivity index (χ1n) is 8.50. The zero-order chi connectivity index (χ0) is 17.8. The molecule has 0 unspecified atom stereocenters. The Morgan fingerprint density at radius 3 is 2.80 bits per heavy atom. The molecule has 0 bridgehead atoms. The van der Waals surface area contributed by atoms with E-state index in [1.807, 2.05) is 0 Å². The molecule has 2 aliphatic heterocycles. The number of hydrogen-bond acceptors (Lipinski definition) is 5. The van der Waals surface area contributed by atoms with E-state index in [0.717, 1.165) is 13.0 Å². The van der Waals surface area contributed by atoms with Crippen LogP contribution in [0.25, 0.3) is 0 Å². The van der Waals surface area contributed by atoms with Crippen molar-refractivity contribution in [1.29, 1.82) is 0 Å². The van der Waals surface area contributed by atoms with E-state index in [2.05, 4.69) is 5.32 Å². The first-order valence-corrected chi connectivity index (χ1v) is 8.50. The summed E-state index contributed by atoms with van der Waals surface area (Å²) >= 11 is 0. The van der Waals surface area contributed by atoms with E-state index in [-0.39, 0.29) is 24.2 Å². The van der Waals surface area contributed by atoms with Crippen LogP contribution in [0, 0.1) is 11.8 Å². The highest BCUT2D eigenvalue weighted by molar-refractivity contribution is 6.00. The Morgan fingerprint density at radius 1 is 1.32 bits per heavy atom. The molecule has 0 aromatic heterocycles. The molecule has 2 aliphatic rings. The Hall–Kier alpha value is -2.28. The molecule has 0 spiro atoms. The summed E-state index contributed by atoms with van der Waals surface area (Å²) < 4.78 is 15.8. The normalized spacial score (nSPS) is 23.0.